The van der Waals surface area contributed by atoms with Crippen molar-refractivity contribution < 1.29 is 14.5 Å². The molecule has 1 fully saturated rings. The van der Waals surface area contributed by atoms with Gasteiger partial charge in [0.05, 0.1) is 16.5 Å². The highest BCUT2D eigenvalue weighted by molar-refractivity contribution is 6.32. The molecule has 1 amide bonds. The van der Waals surface area contributed by atoms with Crippen molar-refractivity contribution in [2.24, 2.45) is 0 Å². The molecule has 184 valence electrons. The van der Waals surface area contributed by atoms with E-state index in [0.717, 1.165) is 25.2 Å². The number of hydrogen-bond donors (Lipinski definition) is 0. The first-order valence-electron chi connectivity index (χ1n) is 11.5. The fourth-order valence-electron chi connectivity index (χ4n) is 4.23. The monoisotopic (exact) mass is 497 g/mol. The van der Waals surface area contributed by atoms with Gasteiger partial charge in [-0.2, -0.15) is 5.10 Å². The van der Waals surface area contributed by atoms with Crippen LogP contribution in [0.1, 0.15) is 27.3 Å². The quantitative estimate of drug-likeness (QED) is 0.345. The van der Waals surface area contributed by atoms with Gasteiger partial charge >= 0.3 is 5.69 Å². The highest BCUT2D eigenvalue weighted by Gasteiger charge is 2.23. The van der Waals surface area contributed by atoms with Crippen molar-refractivity contribution >= 4 is 23.2 Å². The lowest BCUT2D eigenvalue weighted by molar-refractivity contribution is -0.386. The van der Waals surface area contributed by atoms with Gasteiger partial charge in [-0.25, -0.2) is 0 Å². The number of para-hydroxylation sites is 1. The van der Waals surface area contributed by atoms with Gasteiger partial charge in [0, 0.05) is 38.3 Å². The maximum absolute atomic E-state index is 13.0. The Balaban J connectivity index is 1.27. The molecule has 0 N–H and O–H groups in total. The average molecular weight is 498 g/mol. The van der Waals surface area contributed by atoms with Gasteiger partial charge in [0.25, 0.3) is 5.91 Å². The first kappa shape index (κ1) is 24.7. The molecule has 1 aliphatic rings. The van der Waals surface area contributed by atoms with Gasteiger partial charge < -0.3 is 9.64 Å². The molecule has 1 saturated heterocycles. The summed E-state index contributed by atoms with van der Waals surface area (Å²) >= 11 is 6.12. The van der Waals surface area contributed by atoms with Gasteiger partial charge in [-0.1, -0.05) is 35.9 Å². The third-order valence-corrected chi connectivity index (χ3v) is 6.53. The molecule has 0 aliphatic carbocycles. The molecule has 10 heteroatoms. The Morgan fingerprint density at radius 1 is 1.09 bits per heavy atom. The number of carbonyl (C=O) groups excluding carboxylic acids is 1. The molecule has 2 aromatic carbocycles. The van der Waals surface area contributed by atoms with E-state index in [1.165, 1.54) is 0 Å². The number of aromatic nitrogens is 2. The lowest BCUT2D eigenvalue weighted by Gasteiger charge is -2.34. The summed E-state index contributed by atoms with van der Waals surface area (Å²) in [5.74, 6) is 0.688. The van der Waals surface area contributed by atoms with Crippen molar-refractivity contribution in [3.05, 3.63) is 86.2 Å². The number of ether oxygens (including phenoxy) is 1. The van der Waals surface area contributed by atoms with Crippen LogP contribution in [0.3, 0.4) is 0 Å². The molecule has 35 heavy (non-hydrogen) atoms. The summed E-state index contributed by atoms with van der Waals surface area (Å²) in [6.07, 6.45) is 0. The van der Waals surface area contributed by atoms with Crippen LogP contribution in [-0.2, 0) is 6.54 Å². The lowest BCUT2D eigenvalue weighted by atomic mass is 10.1. The number of hydrogen-bond acceptors (Lipinski definition) is 6. The fraction of sp³-hybridized carbons (Fsp3) is 0.360. The number of aryl methyl sites for hydroxylation is 1. The molecular formula is C25H28ClN5O4. The summed E-state index contributed by atoms with van der Waals surface area (Å²) in [6.45, 7) is 7.92. The molecule has 0 atom stereocenters. The third kappa shape index (κ3) is 5.80. The Hall–Kier alpha value is -3.43. The number of nitrogens with zero attached hydrogens (tertiary/aromatic N) is 5. The average Bonchev–Trinajstić information content (AvgIpc) is 3.13. The van der Waals surface area contributed by atoms with Gasteiger partial charge in [-0.15, -0.1) is 0 Å². The minimum atomic E-state index is -0.401. The highest BCUT2D eigenvalue weighted by atomic mass is 35.5. The van der Waals surface area contributed by atoms with Gasteiger partial charge in [0.1, 0.15) is 23.7 Å². The molecular weight excluding hydrogens is 470 g/mol. The molecule has 0 radical (unpaired) electrons. The zero-order chi connectivity index (χ0) is 24.9. The van der Waals surface area contributed by atoms with Crippen molar-refractivity contribution in [1.29, 1.82) is 0 Å². The lowest BCUT2D eigenvalue weighted by Crippen LogP contribution is -2.49. The van der Waals surface area contributed by atoms with E-state index >= 15 is 0 Å². The third-order valence-electron chi connectivity index (χ3n) is 6.22. The standard InChI is InChI=1S/C25H28ClN5O4/c1-18-24(31(33)34)19(2)30(27-18)17-20-7-9-21(10-8-20)25(32)29-13-11-28(12-14-29)15-16-35-23-6-4-3-5-22(23)26/h3-10H,11-17H2,1-2H3. The van der Waals surface area contributed by atoms with Crippen LogP contribution in [0.4, 0.5) is 5.69 Å². The van der Waals surface area contributed by atoms with Crippen LogP contribution in [0.25, 0.3) is 0 Å². The molecule has 0 spiro atoms. The molecule has 3 aromatic rings. The Morgan fingerprint density at radius 2 is 1.77 bits per heavy atom. The number of rotatable bonds is 8. The van der Waals surface area contributed by atoms with Crippen LogP contribution < -0.4 is 4.74 Å². The molecule has 0 bridgehead atoms. The summed E-state index contributed by atoms with van der Waals surface area (Å²) in [7, 11) is 0. The second-order valence-electron chi connectivity index (χ2n) is 8.54. The molecule has 9 nitrogen and oxygen atoms in total. The van der Waals surface area contributed by atoms with Crippen LogP contribution in [0.5, 0.6) is 5.75 Å². The first-order chi connectivity index (χ1) is 16.8. The second-order valence-corrected chi connectivity index (χ2v) is 8.95. The van der Waals surface area contributed by atoms with Crippen molar-refractivity contribution in [2.45, 2.75) is 20.4 Å². The van der Waals surface area contributed by atoms with E-state index in [-0.39, 0.29) is 11.6 Å². The molecule has 0 saturated carbocycles. The Morgan fingerprint density at radius 3 is 2.40 bits per heavy atom. The van der Waals surface area contributed by atoms with Crippen LogP contribution in [0.15, 0.2) is 48.5 Å². The van der Waals surface area contributed by atoms with E-state index in [0.29, 0.717) is 54.0 Å². The predicted molar refractivity (Wildman–Crippen MR) is 133 cm³/mol. The fourth-order valence-corrected chi connectivity index (χ4v) is 4.43. The number of amides is 1. The minimum Gasteiger partial charge on any atom is -0.491 e. The number of piperazine rings is 1. The summed E-state index contributed by atoms with van der Waals surface area (Å²) in [6, 6.07) is 14.8. The van der Waals surface area contributed by atoms with E-state index < -0.39 is 4.92 Å². The summed E-state index contributed by atoms with van der Waals surface area (Å²) in [5, 5.41) is 16.1. The number of benzene rings is 2. The Labute approximate surface area is 209 Å². The van der Waals surface area contributed by atoms with E-state index in [1.54, 1.807) is 24.6 Å². The van der Waals surface area contributed by atoms with Crippen LogP contribution in [0, 0.1) is 24.0 Å². The van der Waals surface area contributed by atoms with Crippen LogP contribution in [0.2, 0.25) is 5.02 Å². The smallest absolute Gasteiger partial charge is 0.312 e. The molecule has 1 aliphatic heterocycles. The summed E-state index contributed by atoms with van der Waals surface area (Å²) in [4.78, 5) is 27.9. The van der Waals surface area contributed by atoms with Gasteiger partial charge in [-0.05, 0) is 43.7 Å². The Kier molecular flexibility index (Phi) is 7.67. The van der Waals surface area contributed by atoms with Crippen LogP contribution >= 0.6 is 11.6 Å². The van der Waals surface area contributed by atoms with Crippen molar-refractivity contribution in [3.63, 3.8) is 0 Å². The maximum Gasteiger partial charge on any atom is 0.312 e. The highest BCUT2D eigenvalue weighted by Crippen LogP contribution is 2.24. The molecule has 2 heterocycles. The molecule has 1 aromatic heterocycles. The van der Waals surface area contributed by atoms with E-state index in [2.05, 4.69) is 10.00 Å². The van der Waals surface area contributed by atoms with Gasteiger partial charge in [0.15, 0.2) is 0 Å². The SMILES string of the molecule is Cc1nn(Cc2ccc(C(=O)N3CCN(CCOc4ccccc4Cl)CC3)cc2)c(C)c1[N+](=O)[O-]. The molecule has 0 unspecified atom stereocenters. The topological polar surface area (TPSA) is 93.7 Å². The Bertz CT molecular complexity index is 1200. The van der Waals surface area contributed by atoms with Gasteiger partial charge in [-0.3, -0.25) is 24.5 Å². The van der Waals surface area contributed by atoms with Crippen LogP contribution in [-0.4, -0.2) is 69.7 Å². The number of halogens is 1. The minimum absolute atomic E-state index is 0.00488. The zero-order valence-electron chi connectivity index (χ0n) is 19.8. The first-order valence-corrected chi connectivity index (χ1v) is 11.9. The summed E-state index contributed by atoms with van der Waals surface area (Å²) in [5.41, 5.74) is 2.51. The van der Waals surface area contributed by atoms with Crippen molar-refractivity contribution in [3.8, 4) is 5.75 Å². The molecule has 4 rings (SSSR count). The van der Waals surface area contributed by atoms with Gasteiger partial charge in [0.2, 0.25) is 0 Å². The normalized spacial score (nSPS) is 14.2. The predicted octanol–water partition coefficient (Wildman–Crippen LogP) is 3.95. The maximum atomic E-state index is 13.0. The largest absolute Gasteiger partial charge is 0.491 e. The second kappa shape index (κ2) is 10.9. The summed E-state index contributed by atoms with van der Waals surface area (Å²) < 4.78 is 7.39. The number of nitro groups is 1. The van der Waals surface area contributed by atoms with E-state index in [9.17, 15) is 14.9 Å². The van der Waals surface area contributed by atoms with Crippen molar-refractivity contribution in [2.75, 3.05) is 39.3 Å². The van der Waals surface area contributed by atoms with Crippen molar-refractivity contribution in [1.82, 2.24) is 19.6 Å². The van der Waals surface area contributed by atoms with E-state index in [1.807, 2.05) is 47.4 Å². The number of carbonyl (C=O) groups is 1. The zero-order valence-corrected chi connectivity index (χ0v) is 20.6. The van der Waals surface area contributed by atoms with E-state index in [4.69, 9.17) is 16.3 Å².